The van der Waals surface area contributed by atoms with Gasteiger partial charge in [-0.15, -0.1) is 0 Å². The fourth-order valence-electron chi connectivity index (χ4n) is 3.03. The van der Waals surface area contributed by atoms with Crippen LogP contribution in [-0.4, -0.2) is 21.7 Å². The van der Waals surface area contributed by atoms with Crippen LogP contribution < -0.4 is 10.6 Å². The summed E-state index contributed by atoms with van der Waals surface area (Å²) >= 11 is 1.32. The van der Waals surface area contributed by atoms with E-state index in [1.165, 1.54) is 29.6 Å². The number of rotatable bonds is 7. The normalized spacial score (nSPS) is 11.1. The third-order valence-corrected chi connectivity index (χ3v) is 5.55. The van der Waals surface area contributed by atoms with Crippen molar-refractivity contribution in [1.29, 1.82) is 0 Å². The standard InChI is InChI=1S/C23H18N4O5S/c1-2-21(28)26-23-25-17-10-7-14(13-20(17)33-23)24-22(29)12-9-15-8-11-19(32-15)16-5-3-4-6-18(16)27(30)31/h3-13H,2H2,1H3,(H,24,29)(H,25,26,28)/b12-9+. The number of carbonyl (C=O) groups is 2. The van der Waals surface area contributed by atoms with Gasteiger partial charge in [-0.05, 0) is 42.5 Å². The van der Waals surface area contributed by atoms with Gasteiger partial charge in [0.05, 0.1) is 20.7 Å². The molecule has 2 aromatic heterocycles. The lowest BCUT2D eigenvalue weighted by Gasteiger charge is -2.01. The zero-order chi connectivity index (χ0) is 23.4. The van der Waals surface area contributed by atoms with Crippen molar-refractivity contribution in [3.05, 3.63) is 76.5 Å². The van der Waals surface area contributed by atoms with E-state index in [0.29, 0.717) is 34.3 Å². The van der Waals surface area contributed by atoms with E-state index < -0.39 is 4.92 Å². The summed E-state index contributed by atoms with van der Waals surface area (Å²) in [6.45, 7) is 1.76. The fraction of sp³-hybridized carbons (Fsp3) is 0.0870. The first-order chi connectivity index (χ1) is 15.9. The number of aromatic nitrogens is 1. The number of amides is 2. The van der Waals surface area contributed by atoms with E-state index >= 15 is 0 Å². The first-order valence-corrected chi connectivity index (χ1v) is 10.8. The number of nitrogens with zero attached hydrogens (tertiary/aromatic N) is 2. The highest BCUT2D eigenvalue weighted by Gasteiger charge is 2.16. The predicted molar refractivity (Wildman–Crippen MR) is 127 cm³/mol. The summed E-state index contributed by atoms with van der Waals surface area (Å²) < 4.78 is 6.47. The molecule has 2 amide bonds. The maximum atomic E-state index is 12.3. The van der Waals surface area contributed by atoms with Crippen LogP contribution in [0.4, 0.5) is 16.5 Å². The summed E-state index contributed by atoms with van der Waals surface area (Å²) in [7, 11) is 0. The molecule has 0 aliphatic rings. The van der Waals surface area contributed by atoms with Crippen molar-refractivity contribution in [2.24, 2.45) is 0 Å². The highest BCUT2D eigenvalue weighted by atomic mass is 32.1. The topological polar surface area (TPSA) is 127 Å². The number of thiazole rings is 1. The Morgan fingerprint density at radius 1 is 1.15 bits per heavy atom. The molecule has 4 rings (SSSR count). The van der Waals surface area contributed by atoms with Gasteiger partial charge in [-0.3, -0.25) is 19.7 Å². The number of anilines is 2. The Kier molecular flexibility index (Phi) is 6.27. The van der Waals surface area contributed by atoms with Crippen molar-refractivity contribution in [3.63, 3.8) is 0 Å². The maximum Gasteiger partial charge on any atom is 0.280 e. The predicted octanol–water partition coefficient (Wildman–Crippen LogP) is 5.46. The molecule has 0 bridgehead atoms. The van der Waals surface area contributed by atoms with Crippen molar-refractivity contribution in [2.45, 2.75) is 13.3 Å². The van der Waals surface area contributed by atoms with E-state index in [0.717, 1.165) is 10.2 Å². The van der Waals surface area contributed by atoms with E-state index in [4.69, 9.17) is 4.42 Å². The van der Waals surface area contributed by atoms with Gasteiger partial charge in [0.25, 0.3) is 5.69 Å². The number of benzene rings is 2. The lowest BCUT2D eigenvalue weighted by Crippen LogP contribution is -2.08. The number of furan rings is 1. The van der Waals surface area contributed by atoms with Crippen molar-refractivity contribution in [1.82, 2.24) is 4.98 Å². The third-order valence-electron chi connectivity index (χ3n) is 4.62. The van der Waals surface area contributed by atoms with Gasteiger partial charge in [0.1, 0.15) is 11.5 Å². The van der Waals surface area contributed by atoms with E-state index in [1.54, 1.807) is 55.5 Å². The number of hydrogen-bond donors (Lipinski definition) is 2. The number of para-hydroxylation sites is 1. The molecule has 0 atom stereocenters. The number of fused-ring (bicyclic) bond motifs is 1. The lowest BCUT2D eigenvalue weighted by atomic mass is 10.1. The second-order valence-corrected chi connectivity index (χ2v) is 7.93. The monoisotopic (exact) mass is 462 g/mol. The molecule has 0 spiro atoms. The molecule has 166 valence electrons. The summed E-state index contributed by atoms with van der Waals surface area (Å²) in [6, 6.07) is 14.8. The molecule has 0 fully saturated rings. The van der Waals surface area contributed by atoms with Crippen LogP contribution in [0.2, 0.25) is 0 Å². The number of hydrogen-bond acceptors (Lipinski definition) is 7. The van der Waals surface area contributed by atoms with Crippen LogP contribution in [0.1, 0.15) is 19.1 Å². The summed E-state index contributed by atoms with van der Waals surface area (Å²) in [5.74, 6) is 0.231. The molecule has 0 radical (unpaired) electrons. The third kappa shape index (κ3) is 5.13. The minimum Gasteiger partial charge on any atom is -0.456 e. The zero-order valence-electron chi connectivity index (χ0n) is 17.4. The van der Waals surface area contributed by atoms with E-state index in [9.17, 15) is 19.7 Å². The van der Waals surface area contributed by atoms with Crippen LogP contribution in [0.25, 0.3) is 27.6 Å². The molecule has 2 heterocycles. The molecule has 0 saturated heterocycles. The summed E-state index contributed by atoms with van der Waals surface area (Å²) in [5, 5.41) is 17.2. The van der Waals surface area contributed by atoms with Crippen LogP contribution in [-0.2, 0) is 9.59 Å². The summed E-state index contributed by atoms with van der Waals surface area (Å²) in [5.41, 5.74) is 1.60. The van der Waals surface area contributed by atoms with Crippen LogP contribution in [0, 0.1) is 10.1 Å². The largest absolute Gasteiger partial charge is 0.456 e. The SMILES string of the molecule is CCC(=O)Nc1nc2ccc(NC(=O)/C=C/c3ccc(-c4ccccc4[N+](=O)[O-])o3)cc2s1. The van der Waals surface area contributed by atoms with Gasteiger partial charge in [0.15, 0.2) is 5.13 Å². The molecular formula is C23H18N4O5S. The van der Waals surface area contributed by atoms with Gasteiger partial charge in [-0.25, -0.2) is 4.98 Å². The van der Waals surface area contributed by atoms with E-state index in [2.05, 4.69) is 15.6 Å². The Hall–Kier alpha value is -4.31. The van der Waals surface area contributed by atoms with Crippen LogP contribution in [0.3, 0.4) is 0 Å². The molecule has 10 heteroatoms. The minimum absolute atomic E-state index is 0.0593. The first kappa shape index (κ1) is 21.9. The molecule has 0 aliphatic heterocycles. The number of nitro benzene ring substituents is 1. The van der Waals surface area contributed by atoms with Crippen LogP contribution in [0.5, 0.6) is 0 Å². The molecular weight excluding hydrogens is 444 g/mol. The Labute approximate surface area is 191 Å². The summed E-state index contributed by atoms with van der Waals surface area (Å²) in [4.78, 5) is 39.0. The Morgan fingerprint density at radius 3 is 2.76 bits per heavy atom. The van der Waals surface area contributed by atoms with Crippen molar-refractivity contribution < 1.29 is 18.9 Å². The first-order valence-electron chi connectivity index (χ1n) is 9.96. The fourth-order valence-corrected chi connectivity index (χ4v) is 3.95. The van der Waals surface area contributed by atoms with Gasteiger partial charge in [-0.2, -0.15) is 0 Å². The van der Waals surface area contributed by atoms with E-state index in [1.807, 2.05) is 0 Å². The molecule has 2 N–H and O–H groups in total. The second-order valence-electron chi connectivity index (χ2n) is 6.90. The average Bonchev–Trinajstić information content (AvgIpc) is 3.43. The summed E-state index contributed by atoms with van der Waals surface area (Å²) in [6.07, 6.45) is 3.16. The molecule has 9 nitrogen and oxygen atoms in total. The zero-order valence-corrected chi connectivity index (χ0v) is 18.2. The Bertz CT molecular complexity index is 1390. The van der Waals surface area contributed by atoms with Crippen LogP contribution >= 0.6 is 11.3 Å². The molecule has 0 unspecified atom stereocenters. The smallest absolute Gasteiger partial charge is 0.280 e. The average molecular weight is 462 g/mol. The highest BCUT2D eigenvalue weighted by molar-refractivity contribution is 7.22. The lowest BCUT2D eigenvalue weighted by molar-refractivity contribution is -0.384. The van der Waals surface area contributed by atoms with E-state index in [-0.39, 0.29) is 17.5 Å². The molecule has 2 aromatic carbocycles. The molecule has 4 aromatic rings. The molecule has 33 heavy (non-hydrogen) atoms. The van der Waals surface area contributed by atoms with Crippen molar-refractivity contribution >= 4 is 56.0 Å². The number of carbonyl (C=O) groups excluding carboxylic acids is 2. The van der Waals surface area contributed by atoms with Crippen molar-refractivity contribution in [3.8, 4) is 11.3 Å². The quantitative estimate of drug-likeness (QED) is 0.213. The van der Waals surface area contributed by atoms with Gasteiger partial charge >= 0.3 is 0 Å². The minimum atomic E-state index is -0.471. The number of nitrogens with one attached hydrogen (secondary N) is 2. The highest BCUT2D eigenvalue weighted by Crippen LogP contribution is 2.31. The maximum absolute atomic E-state index is 12.3. The van der Waals surface area contributed by atoms with Gasteiger partial charge in [0.2, 0.25) is 11.8 Å². The number of nitro groups is 1. The molecule has 0 aliphatic carbocycles. The van der Waals surface area contributed by atoms with Gasteiger partial charge in [-0.1, -0.05) is 30.4 Å². The second kappa shape index (κ2) is 9.45. The van der Waals surface area contributed by atoms with Gasteiger partial charge < -0.3 is 15.1 Å². The van der Waals surface area contributed by atoms with Crippen molar-refractivity contribution in [2.75, 3.05) is 10.6 Å². The van der Waals surface area contributed by atoms with Gasteiger partial charge in [0, 0.05) is 24.3 Å². The van der Waals surface area contributed by atoms with Crippen LogP contribution in [0.15, 0.2) is 65.1 Å². The Balaban J connectivity index is 1.44. The Morgan fingerprint density at radius 2 is 1.97 bits per heavy atom. The molecule has 0 saturated carbocycles.